The van der Waals surface area contributed by atoms with Crippen molar-refractivity contribution in [3.63, 3.8) is 0 Å². The number of hydrogen-bond acceptors (Lipinski definition) is 3. The van der Waals surface area contributed by atoms with E-state index in [1.165, 1.54) is 0 Å². The normalized spacial score (nSPS) is 15.7. The first-order valence-electron chi connectivity index (χ1n) is 11.6. The molecule has 0 N–H and O–H groups in total. The maximum absolute atomic E-state index is 15.1. The minimum Gasteiger partial charge on any atom is -0.466 e. The highest BCUT2D eigenvalue weighted by Gasteiger charge is 2.49. The summed E-state index contributed by atoms with van der Waals surface area (Å²) in [6, 6.07) is 27.5. The molecule has 5 nitrogen and oxygen atoms in total. The summed E-state index contributed by atoms with van der Waals surface area (Å²) in [5, 5.41) is 0.400. The molecule has 1 saturated heterocycles. The van der Waals surface area contributed by atoms with Gasteiger partial charge in [-0.3, -0.25) is 9.36 Å². The van der Waals surface area contributed by atoms with Crippen LogP contribution in [0.4, 0.5) is 11.4 Å². The smallest absolute Gasteiger partial charge is 0.314 e. The van der Waals surface area contributed by atoms with E-state index in [0.29, 0.717) is 24.8 Å². The molecular weight excluding hydrogens is 443 g/mol. The molecule has 1 heterocycles. The second kappa shape index (κ2) is 10.3. The zero-order valence-corrected chi connectivity index (χ0v) is 20.7. The molecule has 0 radical (unpaired) electrons. The molecular formula is C28H31N2O3P. The Labute approximate surface area is 202 Å². The third-order valence-electron chi connectivity index (χ3n) is 6.19. The first kappa shape index (κ1) is 23.8. The third-order valence-corrected chi connectivity index (χ3v) is 9.43. The summed E-state index contributed by atoms with van der Waals surface area (Å²) >= 11 is 0. The number of hydrogen-bond donors (Lipinski definition) is 0. The highest BCUT2D eigenvalue weighted by atomic mass is 31.2. The molecule has 3 aromatic carbocycles. The van der Waals surface area contributed by atoms with Crippen LogP contribution in [0, 0.1) is 12.8 Å². The number of para-hydroxylation sites is 2. The summed E-state index contributed by atoms with van der Waals surface area (Å²) in [6.45, 7) is 9.53. The van der Waals surface area contributed by atoms with Crippen LogP contribution in [0.25, 0.3) is 0 Å². The van der Waals surface area contributed by atoms with Crippen LogP contribution in [-0.4, -0.2) is 25.7 Å². The number of ether oxygens (including phenoxy) is 1. The molecule has 0 aliphatic carbocycles. The molecule has 1 fully saturated rings. The SMILES string of the molecule is C=C(C(Cc1ccc(C)cc1)C(=O)OCC)P1(=O)N(c2ccccc2)CCN1c1ccccc1. The first-order chi connectivity index (χ1) is 16.4. The number of rotatable bonds is 8. The molecule has 1 atom stereocenters. The van der Waals surface area contributed by atoms with E-state index in [4.69, 9.17) is 4.74 Å². The van der Waals surface area contributed by atoms with Crippen LogP contribution in [0.5, 0.6) is 0 Å². The Bertz CT molecular complexity index is 1130. The van der Waals surface area contributed by atoms with Crippen LogP contribution in [-0.2, 0) is 20.5 Å². The maximum Gasteiger partial charge on any atom is 0.314 e. The quantitative estimate of drug-likeness (QED) is 0.277. The van der Waals surface area contributed by atoms with Gasteiger partial charge in [-0.2, -0.15) is 0 Å². The lowest BCUT2D eigenvalue weighted by Gasteiger charge is -2.36. The lowest BCUT2D eigenvalue weighted by atomic mass is 9.98. The maximum atomic E-state index is 15.1. The van der Waals surface area contributed by atoms with E-state index in [0.717, 1.165) is 22.5 Å². The summed E-state index contributed by atoms with van der Waals surface area (Å²) in [7, 11) is -3.43. The third kappa shape index (κ3) is 4.67. The minimum atomic E-state index is -3.43. The van der Waals surface area contributed by atoms with Gasteiger partial charge in [-0.05, 0) is 50.1 Å². The predicted molar refractivity (Wildman–Crippen MR) is 139 cm³/mol. The summed E-state index contributed by atoms with van der Waals surface area (Å²) in [5.74, 6) is -1.12. The number of anilines is 2. The van der Waals surface area contributed by atoms with E-state index in [1.807, 2.05) is 101 Å². The predicted octanol–water partition coefficient (Wildman–Crippen LogP) is 6.45. The van der Waals surface area contributed by atoms with E-state index >= 15 is 4.57 Å². The summed E-state index contributed by atoms with van der Waals surface area (Å²) in [5.41, 5.74) is 3.82. The Morgan fingerprint density at radius 1 is 0.912 bits per heavy atom. The van der Waals surface area contributed by atoms with Gasteiger partial charge in [0.05, 0.1) is 12.5 Å². The molecule has 3 aromatic rings. The van der Waals surface area contributed by atoms with Gasteiger partial charge < -0.3 is 14.1 Å². The second-order valence-corrected chi connectivity index (χ2v) is 11.1. The Hall–Kier alpha value is -3.30. The van der Waals surface area contributed by atoms with Crippen molar-refractivity contribution >= 4 is 24.8 Å². The number of benzene rings is 3. The summed E-state index contributed by atoms with van der Waals surface area (Å²) in [4.78, 5) is 13.2. The fourth-order valence-corrected chi connectivity index (χ4v) is 7.51. The lowest BCUT2D eigenvalue weighted by Crippen LogP contribution is -2.28. The number of carbonyl (C=O) groups excluding carboxylic acids is 1. The fourth-order valence-electron chi connectivity index (χ4n) is 4.42. The van der Waals surface area contributed by atoms with Crippen molar-refractivity contribution in [1.29, 1.82) is 0 Å². The van der Waals surface area contributed by atoms with Gasteiger partial charge in [0.25, 0.3) is 7.44 Å². The Morgan fingerprint density at radius 3 is 1.88 bits per heavy atom. The topological polar surface area (TPSA) is 49.9 Å². The molecule has 176 valence electrons. The Kier molecular flexibility index (Phi) is 7.23. The van der Waals surface area contributed by atoms with Crippen LogP contribution in [0.15, 0.2) is 96.8 Å². The van der Waals surface area contributed by atoms with Crippen molar-refractivity contribution in [3.05, 3.63) is 108 Å². The monoisotopic (exact) mass is 474 g/mol. The molecule has 0 bridgehead atoms. The lowest BCUT2D eigenvalue weighted by molar-refractivity contribution is -0.146. The van der Waals surface area contributed by atoms with Gasteiger partial charge >= 0.3 is 5.97 Å². The fraction of sp³-hybridized carbons (Fsp3) is 0.250. The minimum absolute atomic E-state index is 0.256. The molecule has 4 rings (SSSR count). The van der Waals surface area contributed by atoms with Crippen molar-refractivity contribution < 1.29 is 14.1 Å². The van der Waals surface area contributed by atoms with Crippen molar-refractivity contribution in [2.45, 2.75) is 20.3 Å². The van der Waals surface area contributed by atoms with E-state index in [2.05, 4.69) is 6.58 Å². The van der Waals surface area contributed by atoms with E-state index < -0.39 is 19.3 Å². The van der Waals surface area contributed by atoms with Crippen LogP contribution >= 0.6 is 7.44 Å². The molecule has 1 unspecified atom stereocenters. The van der Waals surface area contributed by atoms with Gasteiger partial charge in [0, 0.05) is 29.8 Å². The number of nitrogens with zero attached hydrogens (tertiary/aromatic N) is 2. The standard InChI is InChI=1S/C28H31N2O3P/c1-4-33-28(31)27(21-24-17-15-22(2)16-18-24)23(3)34(32)29(25-11-7-5-8-12-25)19-20-30(34)26-13-9-6-10-14-26/h5-18,27H,3-4,19-21H2,1-2H3. The molecule has 0 amide bonds. The Morgan fingerprint density at radius 2 is 1.41 bits per heavy atom. The van der Waals surface area contributed by atoms with Crippen LogP contribution in [0.1, 0.15) is 18.1 Å². The number of aryl methyl sites for hydroxylation is 1. The summed E-state index contributed by atoms with van der Waals surface area (Å²) in [6.07, 6.45) is 0.382. The highest BCUT2D eigenvalue weighted by molar-refractivity contribution is 7.71. The molecule has 1 aliphatic heterocycles. The van der Waals surface area contributed by atoms with Crippen molar-refractivity contribution in [3.8, 4) is 0 Å². The number of carbonyl (C=O) groups is 1. The molecule has 6 heteroatoms. The van der Waals surface area contributed by atoms with Crippen molar-refractivity contribution in [2.75, 3.05) is 29.0 Å². The average Bonchev–Trinajstić information content (AvgIpc) is 3.22. The average molecular weight is 475 g/mol. The second-order valence-electron chi connectivity index (χ2n) is 8.45. The zero-order chi connectivity index (χ0) is 24.1. The van der Waals surface area contributed by atoms with Crippen LogP contribution in [0.3, 0.4) is 0 Å². The van der Waals surface area contributed by atoms with Gasteiger partial charge in [0.2, 0.25) is 0 Å². The van der Waals surface area contributed by atoms with Gasteiger partial charge in [-0.25, -0.2) is 0 Å². The van der Waals surface area contributed by atoms with Gasteiger partial charge in [-0.15, -0.1) is 0 Å². The van der Waals surface area contributed by atoms with E-state index in [-0.39, 0.29) is 6.61 Å². The molecule has 34 heavy (non-hydrogen) atoms. The zero-order valence-electron chi connectivity index (χ0n) is 19.8. The van der Waals surface area contributed by atoms with E-state index in [9.17, 15) is 4.79 Å². The number of esters is 1. The van der Waals surface area contributed by atoms with Crippen LogP contribution in [0.2, 0.25) is 0 Å². The van der Waals surface area contributed by atoms with Crippen LogP contribution < -0.4 is 9.34 Å². The largest absolute Gasteiger partial charge is 0.466 e. The molecule has 0 saturated carbocycles. The summed E-state index contributed by atoms with van der Waals surface area (Å²) < 4.78 is 24.4. The molecule has 1 aliphatic rings. The first-order valence-corrected chi connectivity index (χ1v) is 13.2. The Balaban J connectivity index is 1.79. The van der Waals surface area contributed by atoms with Crippen molar-refractivity contribution in [1.82, 2.24) is 0 Å². The molecule has 0 aromatic heterocycles. The highest BCUT2D eigenvalue weighted by Crippen LogP contribution is 2.67. The molecule has 0 spiro atoms. The van der Waals surface area contributed by atoms with Gasteiger partial charge in [-0.1, -0.05) is 72.8 Å². The van der Waals surface area contributed by atoms with Gasteiger partial charge in [0.1, 0.15) is 0 Å². The van der Waals surface area contributed by atoms with E-state index in [1.54, 1.807) is 6.92 Å². The van der Waals surface area contributed by atoms with Crippen molar-refractivity contribution in [2.24, 2.45) is 5.92 Å². The van der Waals surface area contributed by atoms with Gasteiger partial charge in [0.15, 0.2) is 0 Å².